The molecular formula is C22H19N3OS. The predicted octanol–water partition coefficient (Wildman–Crippen LogP) is 4.86. The van der Waals surface area contributed by atoms with Crippen LogP contribution < -0.4 is 4.90 Å². The Bertz CT molecular complexity index is 998. The molecule has 0 aliphatic heterocycles. The van der Waals surface area contributed by atoms with Crippen molar-refractivity contribution < 1.29 is 4.79 Å². The SMILES string of the molecule is O=C(CCc1ccccc1)N(Cc1ccccn1)c1nc2ccccc2s1. The Kier molecular flexibility index (Phi) is 5.21. The van der Waals surface area contributed by atoms with Crippen molar-refractivity contribution >= 4 is 32.6 Å². The highest BCUT2D eigenvalue weighted by atomic mass is 32.1. The van der Waals surface area contributed by atoms with Gasteiger partial charge in [0, 0.05) is 12.6 Å². The Balaban J connectivity index is 1.59. The number of carbonyl (C=O) groups is 1. The van der Waals surface area contributed by atoms with Crippen LogP contribution in [0.5, 0.6) is 0 Å². The van der Waals surface area contributed by atoms with E-state index in [1.54, 1.807) is 22.4 Å². The van der Waals surface area contributed by atoms with E-state index in [0.29, 0.717) is 19.4 Å². The summed E-state index contributed by atoms with van der Waals surface area (Å²) in [7, 11) is 0. The zero-order valence-electron chi connectivity index (χ0n) is 14.8. The molecule has 0 N–H and O–H groups in total. The number of fused-ring (bicyclic) bond motifs is 1. The van der Waals surface area contributed by atoms with Gasteiger partial charge in [0.05, 0.1) is 22.5 Å². The van der Waals surface area contributed by atoms with Crippen LogP contribution in [-0.2, 0) is 17.8 Å². The number of pyridine rings is 1. The Morgan fingerprint density at radius 3 is 2.48 bits per heavy atom. The molecule has 0 saturated heterocycles. The number of aryl methyl sites for hydroxylation is 1. The summed E-state index contributed by atoms with van der Waals surface area (Å²) in [4.78, 5) is 23.9. The molecule has 4 aromatic rings. The van der Waals surface area contributed by atoms with Gasteiger partial charge in [0.15, 0.2) is 5.13 Å². The number of anilines is 1. The largest absolute Gasteiger partial charge is 0.282 e. The van der Waals surface area contributed by atoms with Crippen LogP contribution in [0.4, 0.5) is 5.13 Å². The zero-order valence-corrected chi connectivity index (χ0v) is 15.6. The first-order valence-electron chi connectivity index (χ1n) is 8.89. The van der Waals surface area contributed by atoms with Gasteiger partial charge >= 0.3 is 0 Å². The Labute approximate surface area is 162 Å². The highest BCUT2D eigenvalue weighted by Gasteiger charge is 2.20. The summed E-state index contributed by atoms with van der Waals surface area (Å²) in [5, 5.41) is 0.722. The Morgan fingerprint density at radius 2 is 1.70 bits per heavy atom. The molecular weight excluding hydrogens is 354 g/mol. The molecule has 0 radical (unpaired) electrons. The maximum absolute atomic E-state index is 13.1. The number of rotatable bonds is 6. The second-order valence-corrected chi connectivity index (χ2v) is 7.26. The van der Waals surface area contributed by atoms with E-state index in [-0.39, 0.29) is 5.91 Å². The topological polar surface area (TPSA) is 46.1 Å². The van der Waals surface area contributed by atoms with Crippen molar-refractivity contribution in [3.63, 3.8) is 0 Å². The fourth-order valence-corrected chi connectivity index (χ4v) is 3.90. The lowest BCUT2D eigenvalue weighted by Gasteiger charge is -2.19. The van der Waals surface area contributed by atoms with Gasteiger partial charge in [-0.25, -0.2) is 4.98 Å². The number of amides is 1. The number of hydrogen-bond donors (Lipinski definition) is 0. The highest BCUT2D eigenvalue weighted by molar-refractivity contribution is 7.22. The van der Waals surface area contributed by atoms with Crippen LogP contribution in [0.3, 0.4) is 0 Å². The molecule has 4 rings (SSSR count). The van der Waals surface area contributed by atoms with Crippen molar-refractivity contribution in [2.45, 2.75) is 19.4 Å². The minimum Gasteiger partial charge on any atom is -0.282 e. The second kappa shape index (κ2) is 8.10. The van der Waals surface area contributed by atoms with Crippen LogP contribution in [0.25, 0.3) is 10.2 Å². The molecule has 2 heterocycles. The number of nitrogens with zero attached hydrogens (tertiary/aromatic N) is 3. The standard InChI is InChI=1S/C22H19N3OS/c26-21(14-13-17-8-2-1-3-9-17)25(16-18-10-6-7-15-23-18)22-24-19-11-4-5-12-20(19)27-22/h1-12,15H,13-14,16H2. The summed E-state index contributed by atoms with van der Waals surface area (Å²) in [6, 6.07) is 23.8. The molecule has 0 aliphatic carbocycles. The summed E-state index contributed by atoms with van der Waals surface area (Å²) in [6.07, 6.45) is 2.90. The fourth-order valence-electron chi connectivity index (χ4n) is 2.92. The van der Waals surface area contributed by atoms with Crippen molar-refractivity contribution in [3.8, 4) is 0 Å². The van der Waals surface area contributed by atoms with Crippen LogP contribution in [0.2, 0.25) is 0 Å². The van der Waals surface area contributed by atoms with Crippen LogP contribution in [0.1, 0.15) is 17.7 Å². The van der Waals surface area contributed by atoms with Gasteiger partial charge in [0.1, 0.15) is 0 Å². The van der Waals surface area contributed by atoms with E-state index in [2.05, 4.69) is 9.97 Å². The maximum atomic E-state index is 13.1. The van der Waals surface area contributed by atoms with Crippen LogP contribution >= 0.6 is 11.3 Å². The van der Waals surface area contributed by atoms with Crippen LogP contribution in [0, 0.1) is 0 Å². The van der Waals surface area contributed by atoms with Crippen molar-refractivity contribution in [1.29, 1.82) is 0 Å². The number of hydrogen-bond acceptors (Lipinski definition) is 4. The van der Waals surface area contributed by atoms with Crippen molar-refractivity contribution in [2.75, 3.05) is 4.90 Å². The van der Waals surface area contributed by atoms with Gasteiger partial charge in [-0.2, -0.15) is 0 Å². The van der Waals surface area contributed by atoms with Gasteiger partial charge in [-0.3, -0.25) is 14.7 Å². The van der Waals surface area contributed by atoms with E-state index in [0.717, 1.165) is 26.6 Å². The number of aromatic nitrogens is 2. The molecule has 2 aromatic carbocycles. The average molecular weight is 373 g/mol. The van der Waals surface area contributed by atoms with Crippen molar-refractivity contribution in [2.24, 2.45) is 0 Å². The highest BCUT2D eigenvalue weighted by Crippen LogP contribution is 2.30. The van der Waals surface area contributed by atoms with Crippen molar-refractivity contribution in [1.82, 2.24) is 9.97 Å². The van der Waals surface area contributed by atoms with Gasteiger partial charge < -0.3 is 0 Å². The Morgan fingerprint density at radius 1 is 0.926 bits per heavy atom. The lowest BCUT2D eigenvalue weighted by Crippen LogP contribution is -2.30. The molecule has 0 saturated carbocycles. The summed E-state index contributed by atoms with van der Waals surface area (Å²) >= 11 is 1.54. The molecule has 27 heavy (non-hydrogen) atoms. The third-order valence-corrected chi connectivity index (χ3v) is 5.39. The fraction of sp³-hybridized carbons (Fsp3) is 0.136. The third kappa shape index (κ3) is 4.20. The number of carbonyl (C=O) groups excluding carboxylic acids is 1. The molecule has 2 aromatic heterocycles. The van der Waals surface area contributed by atoms with Crippen LogP contribution in [0.15, 0.2) is 79.0 Å². The van der Waals surface area contributed by atoms with E-state index in [1.807, 2.05) is 72.8 Å². The Hall–Kier alpha value is -3.05. The van der Waals surface area contributed by atoms with Gasteiger partial charge in [0.25, 0.3) is 0 Å². The minimum absolute atomic E-state index is 0.0589. The van der Waals surface area contributed by atoms with Gasteiger partial charge in [0.2, 0.25) is 5.91 Å². The van der Waals surface area contributed by atoms with E-state index in [9.17, 15) is 4.79 Å². The smallest absolute Gasteiger partial charge is 0.229 e. The summed E-state index contributed by atoms with van der Waals surface area (Å²) < 4.78 is 1.08. The monoisotopic (exact) mass is 373 g/mol. The zero-order chi connectivity index (χ0) is 18.5. The number of thiazole rings is 1. The van der Waals surface area contributed by atoms with Gasteiger partial charge in [-0.15, -0.1) is 0 Å². The van der Waals surface area contributed by atoms with Crippen molar-refractivity contribution in [3.05, 3.63) is 90.3 Å². The number of benzene rings is 2. The maximum Gasteiger partial charge on any atom is 0.229 e. The first-order chi connectivity index (χ1) is 13.3. The number of para-hydroxylation sites is 1. The summed E-state index contributed by atoms with van der Waals surface area (Å²) in [6.45, 7) is 0.425. The minimum atomic E-state index is 0.0589. The van der Waals surface area contributed by atoms with Gasteiger partial charge in [-0.1, -0.05) is 59.9 Å². The molecule has 0 atom stereocenters. The van der Waals surface area contributed by atoms with Crippen LogP contribution in [-0.4, -0.2) is 15.9 Å². The quantitative estimate of drug-likeness (QED) is 0.485. The van der Waals surface area contributed by atoms with E-state index < -0.39 is 0 Å². The molecule has 0 aliphatic rings. The van der Waals surface area contributed by atoms with E-state index in [1.165, 1.54) is 0 Å². The molecule has 134 valence electrons. The van der Waals surface area contributed by atoms with Gasteiger partial charge in [-0.05, 0) is 36.2 Å². The molecule has 0 spiro atoms. The summed E-state index contributed by atoms with van der Waals surface area (Å²) in [5.41, 5.74) is 2.93. The lowest BCUT2D eigenvalue weighted by molar-refractivity contribution is -0.118. The second-order valence-electron chi connectivity index (χ2n) is 6.25. The summed E-state index contributed by atoms with van der Waals surface area (Å²) in [5.74, 6) is 0.0589. The molecule has 0 fully saturated rings. The lowest BCUT2D eigenvalue weighted by atomic mass is 10.1. The normalized spacial score (nSPS) is 10.8. The van der Waals surface area contributed by atoms with E-state index in [4.69, 9.17) is 0 Å². The molecule has 4 nitrogen and oxygen atoms in total. The molecule has 0 unspecified atom stereocenters. The molecule has 1 amide bonds. The van der Waals surface area contributed by atoms with E-state index >= 15 is 0 Å². The predicted molar refractivity (Wildman–Crippen MR) is 110 cm³/mol. The first kappa shape index (κ1) is 17.4. The molecule has 5 heteroatoms. The first-order valence-corrected chi connectivity index (χ1v) is 9.71. The average Bonchev–Trinajstić information content (AvgIpc) is 3.15. The third-order valence-electron chi connectivity index (χ3n) is 4.33. The molecule has 0 bridgehead atoms.